The number of nitrogens with zero attached hydrogens (tertiary/aromatic N) is 2. The second-order valence-electron chi connectivity index (χ2n) is 8.27. The molecule has 0 aliphatic carbocycles. The molecule has 1 aromatic carbocycles. The summed E-state index contributed by atoms with van der Waals surface area (Å²) in [7, 11) is 0. The molecule has 0 bridgehead atoms. The summed E-state index contributed by atoms with van der Waals surface area (Å²) in [4.78, 5) is 4.67. The molecule has 154 valence electrons. The van der Waals surface area contributed by atoms with Crippen LogP contribution in [0, 0.1) is 0 Å². The smallest absolute Gasteiger partial charge is 0.231 e. The van der Waals surface area contributed by atoms with Crippen molar-refractivity contribution < 1.29 is 4.52 Å². The molecule has 0 amide bonds. The van der Waals surface area contributed by atoms with Gasteiger partial charge in [0.1, 0.15) is 0 Å². The lowest BCUT2D eigenvalue weighted by Crippen LogP contribution is -2.19. The molecule has 1 aliphatic rings. The normalized spacial score (nSPS) is 17.5. The van der Waals surface area contributed by atoms with Crippen molar-refractivity contribution in [2.24, 2.45) is 0 Å². The standard InChI is InChI=1S/C24H37N3O/c1-2-3-4-5-6-7-8-9-12-20-14-16-21(17-15-20)23-26-24(28-27-23)22-13-10-11-18-25-19-22/h14-17,22,25H,2-13,18-19H2,1H3. The number of nitrogens with one attached hydrogen (secondary N) is 1. The molecule has 0 spiro atoms. The minimum Gasteiger partial charge on any atom is -0.339 e. The molecule has 2 heterocycles. The van der Waals surface area contributed by atoms with Crippen LogP contribution in [0.4, 0.5) is 0 Å². The second kappa shape index (κ2) is 12.0. The van der Waals surface area contributed by atoms with Crippen LogP contribution < -0.4 is 5.32 Å². The first-order chi connectivity index (χ1) is 13.9. The van der Waals surface area contributed by atoms with Gasteiger partial charge in [0, 0.05) is 12.1 Å². The van der Waals surface area contributed by atoms with Crippen molar-refractivity contribution in [1.29, 1.82) is 0 Å². The highest BCUT2D eigenvalue weighted by Gasteiger charge is 2.20. The molecule has 1 fully saturated rings. The van der Waals surface area contributed by atoms with Crippen LogP contribution in [0.2, 0.25) is 0 Å². The van der Waals surface area contributed by atoms with Crippen molar-refractivity contribution in [3.8, 4) is 11.4 Å². The quantitative estimate of drug-likeness (QED) is 0.464. The van der Waals surface area contributed by atoms with Crippen molar-refractivity contribution in [3.05, 3.63) is 35.7 Å². The van der Waals surface area contributed by atoms with Crippen LogP contribution in [0.3, 0.4) is 0 Å². The molecule has 0 radical (unpaired) electrons. The van der Waals surface area contributed by atoms with Gasteiger partial charge in [0.25, 0.3) is 0 Å². The van der Waals surface area contributed by atoms with Crippen molar-refractivity contribution >= 4 is 0 Å². The van der Waals surface area contributed by atoms with Gasteiger partial charge in [-0.3, -0.25) is 0 Å². The lowest BCUT2D eigenvalue weighted by molar-refractivity contribution is 0.345. The maximum absolute atomic E-state index is 5.57. The van der Waals surface area contributed by atoms with Crippen molar-refractivity contribution in [2.45, 2.75) is 89.9 Å². The van der Waals surface area contributed by atoms with E-state index in [0.717, 1.165) is 36.8 Å². The van der Waals surface area contributed by atoms with E-state index in [0.29, 0.717) is 5.92 Å². The Balaban J connectivity index is 1.42. The molecule has 1 atom stereocenters. The average molecular weight is 384 g/mol. The van der Waals surface area contributed by atoms with E-state index in [1.54, 1.807) is 0 Å². The number of rotatable bonds is 11. The Hall–Kier alpha value is -1.68. The highest BCUT2D eigenvalue weighted by Crippen LogP contribution is 2.25. The molecule has 1 aliphatic heterocycles. The van der Waals surface area contributed by atoms with Crippen LogP contribution in [-0.4, -0.2) is 23.2 Å². The van der Waals surface area contributed by atoms with Gasteiger partial charge in [-0.1, -0.05) is 87.7 Å². The first-order valence-electron chi connectivity index (χ1n) is 11.5. The largest absolute Gasteiger partial charge is 0.339 e. The van der Waals surface area contributed by atoms with Crippen LogP contribution >= 0.6 is 0 Å². The highest BCUT2D eigenvalue weighted by atomic mass is 16.5. The summed E-state index contributed by atoms with van der Waals surface area (Å²) in [5, 5.41) is 7.69. The van der Waals surface area contributed by atoms with Crippen LogP contribution in [0.25, 0.3) is 11.4 Å². The third-order valence-electron chi connectivity index (χ3n) is 5.87. The Morgan fingerprint density at radius 2 is 1.71 bits per heavy atom. The first-order valence-corrected chi connectivity index (χ1v) is 11.5. The van der Waals surface area contributed by atoms with E-state index in [-0.39, 0.29) is 0 Å². The van der Waals surface area contributed by atoms with Gasteiger partial charge in [-0.15, -0.1) is 0 Å². The molecular formula is C24H37N3O. The predicted molar refractivity (Wildman–Crippen MR) is 116 cm³/mol. The topological polar surface area (TPSA) is 51.0 Å². The zero-order valence-corrected chi connectivity index (χ0v) is 17.6. The molecule has 3 rings (SSSR count). The lowest BCUT2D eigenvalue weighted by atomic mass is 10.0. The Bertz CT molecular complexity index is 657. The summed E-state index contributed by atoms with van der Waals surface area (Å²) in [6, 6.07) is 8.72. The Labute approximate surface area is 170 Å². The predicted octanol–water partition coefficient (Wildman–Crippen LogP) is 6.28. The maximum Gasteiger partial charge on any atom is 0.231 e. The first kappa shape index (κ1) is 21.0. The molecule has 2 aromatic rings. The minimum atomic E-state index is 0.352. The summed E-state index contributed by atoms with van der Waals surface area (Å²) in [6.07, 6.45) is 15.7. The van der Waals surface area contributed by atoms with Gasteiger partial charge in [-0.05, 0) is 37.8 Å². The van der Waals surface area contributed by atoms with E-state index in [1.807, 2.05) is 0 Å². The zero-order valence-electron chi connectivity index (χ0n) is 17.6. The SMILES string of the molecule is CCCCCCCCCCc1ccc(-c2noc(C3CCCCNC3)n2)cc1. The summed E-state index contributed by atoms with van der Waals surface area (Å²) >= 11 is 0. The number of hydrogen-bond donors (Lipinski definition) is 1. The van der Waals surface area contributed by atoms with Crippen molar-refractivity contribution in [3.63, 3.8) is 0 Å². The molecular weight excluding hydrogens is 346 g/mol. The van der Waals surface area contributed by atoms with E-state index >= 15 is 0 Å². The van der Waals surface area contributed by atoms with Gasteiger partial charge >= 0.3 is 0 Å². The Kier molecular flexibility index (Phi) is 9.02. The van der Waals surface area contributed by atoms with Crippen molar-refractivity contribution in [2.75, 3.05) is 13.1 Å². The summed E-state index contributed by atoms with van der Waals surface area (Å²) < 4.78 is 5.57. The van der Waals surface area contributed by atoms with E-state index in [1.165, 1.54) is 76.2 Å². The molecule has 4 heteroatoms. The van der Waals surface area contributed by atoms with E-state index < -0.39 is 0 Å². The summed E-state index contributed by atoms with van der Waals surface area (Å²) in [5.41, 5.74) is 2.46. The monoisotopic (exact) mass is 383 g/mol. The Morgan fingerprint density at radius 1 is 0.964 bits per heavy atom. The molecule has 1 aromatic heterocycles. The van der Waals surface area contributed by atoms with E-state index in [2.05, 4.69) is 46.6 Å². The van der Waals surface area contributed by atoms with Crippen LogP contribution in [-0.2, 0) is 6.42 Å². The zero-order chi connectivity index (χ0) is 19.4. The van der Waals surface area contributed by atoms with Gasteiger partial charge < -0.3 is 9.84 Å². The molecule has 1 saturated heterocycles. The van der Waals surface area contributed by atoms with E-state index in [4.69, 9.17) is 4.52 Å². The van der Waals surface area contributed by atoms with Gasteiger partial charge in [0.2, 0.25) is 11.7 Å². The molecule has 1 unspecified atom stereocenters. The molecule has 4 nitrogen and oxygen atoms in total. The molecule has 1 N–H and O–H groups in total. The number of benzene rings is 1. The molecule has 0 saturated carbocycles. The fourth-order valence-corrected chi connectivity index (χ4v) is 4.03. The van der Waals surface area contributed by atoms with E-state index in [9.17, 15) is 0 Å². The van der Waals surface area contributed by atoms with Crippen LogP contribution in [0.1, 0.15) is 94.9 Å². The second-order valence-corrected chi connectivity index (χ2v) is 8.27. The number of aromatic nitrogens is 2. The number of aryl methyl sites for hydroxylation is 1. The molecule has 28 heavy (non-hydrogen) atoms. The van der Waals surface area contributed by atoms with Crippen molar-refractivity contribution in [1.82, 2.24) is 15.5 Å². The Morgan fingerprint density at radius 3 is 2.50 bits per heavy atom. The van der Waals surface area contributed by atoms with Gasteiger partial charge in [0.05, 0.1) is 5.92 Å². The van der Waals surface area contributed by atoms with Crippen LogP contribution in [0.15, 0.2) is 28.8 Å². The van der Waals surface area contributed by atoms with Crippen LogP contribution in [0.5, 0.6) is 0 Å². The number of unbranched alkanes of at least 4 members (excludes halogenated alkanes) is 7. The average Bonchev–Trinajstić information content (AvgIpc) is 3.06. The summed E-state index contributed by atoms with van der Waals surface area (Å²) in [6.45, 7) is 4.31. The fourth-order valence-electron chi connectivity index (χ4n) is 4.03. The fraction of sp³-hybridized carbons (Fsp3) is 0.667. The summed E-state index contributed by atoms with van der Waals surface area (Å²) in [5.74, 6) is 1.86. The van der Waals surface area contributed by atoms with Gasteiger partial charge in [-0.2, -0.15) is 4.98 Å². The van der Waals surface area contributed by atoms with Gasteiger partial charge in [0.15, 0.2) is 0 Å². The minimum absolute atomic E-state index is 0.352. The third-order valence-corrected chi connectivity index (χ3v) is 5.87. The number of hydrogen-bond acceptors (Lipinski definition) is 4. The lowest BCUT2D eigenvalue weighted by Gasteiger charge is -2.07. The maximum atomic E-state index is 5.57. The third kappa shape index (κ3) is 6.73. The highest BCUT2D eigenvalue weighted by molar-refractivity contribution is 5.54. The van der Waals surface area contributed by atoms with Gasteiger partial charge in [-0.25, -0.2) is 0 Å².